The molecule has 154 valence electrons. The van der Waals surface area contributed by atoms with Gasteiger partial charge >= 0.3 is 0 Å². The molecule has 3 aromatic rings. The van der Waals surface area contributed by atoms with Gasteiger partial charge in [-0.2, -0.15) is 9.78 Å². The SMILES string of the molecule is Cc1nn(-c2ncccn2)c2c1[C@H](c1cccc(OC3CCCC3)c1)SCC(=O)N2. The molecule has 1 N–H and O–H groups in total. The summed E-state index contributed by atoms with van der Waals surface area (Å²) in [7, 11) is 0. The smallest absolute Gasteiger partial charge is 0.252 e. The molecule has 0 radical (unpaired) electrons. The van der Waals surface area contributed by atoms with Crippen molar-refractivity contribution in [1.82, 2.24) is 19.7 Å². The first-order valence-electron chi connectivity index (χ1n) is 10.2. The maximum Gasteiger partial charge on any atom is 0.252 e. The van der Waals surface area contributed by atoms with Gasteiger partial charge in [-0.05, 0) is 56.4 Å². The summed E-state index contributed by atoms with van der Waals surface area (Å²) in [6.07, 6.45) is 8.35. The molecule has 2 aromatic heterocycles. The van der Waals surface area contributed by atoms with Crippen LogP contribution in [0.25, 0.3) is 5.95 Å². The molecule has 1 aliphatic heterocycles. The van der Waals surface area contributed by atoms with E-state index in [4.69, 9.17) is 4.74 Å². The van der Waals surface area contributed by atoms with Crippen molar-refractivity contribution in [1.29, 1.82) is 0 Å². The van der Waals surface area contributed by atoms with Crippen LogP contribution in [0.4, 0.5) is 5.82 Å². The van der Waals surface area contributed by atoms with Gasteiger partial charge in [0.15, 0.2) is 0 Å². The molecule has 2 aliphatic rings. The lowest BCUT2D eigenvalue weighted by Gasteiger charge is -2.18. The van der Waals surface area contributed by atoms with Crippen molar-refractivity contribution in [3.8, 4) is 11.7 Å². The highest BCUT2D eigenvalue weighted by Gasteiger charge is 2.31. The zero-order valence-corrected chi connectivity index (χ0v) is 17.6. The van der Waals surface area contributed by atoms with E-state index in [-0.39, 0.29) is 11.2 Å². The lowest BCUT2D eigenvalue weighted by molar-refractivity contribution is -0.113. The van der Waals surface area contributed by atoms with E-state index < -0.39 is 0 Å². The van der Waals surface area contributed by atoms with Gasteiger partial charge in [0, 0.05) is 18.0 Å². The number of hydrogen-bond donors (Lipinski definition) is 1. The molecule has 7 nitrogen and oxygen atoms in total. The number of thioether (sulfide) groups is 1. The van der Waals surface area contributed by atoms with E-state index in [0.717, 1.165) is 35.4 Å². The van der Waals surface area contributed by atoms with Gasteiger partial charge < -0.3 is 10.1 Å². The summed E-state index contributed by atoms with van der Waals surface area (Å²) in [5.74, 6) is 2.27. The zero-order valence-electron chi connectivity index (χ0n) is 16.7. The molecule has 1 aromatic carbocycles. The number of anilines is 1. The molecule has 1 amide bonds. The Labute approximate surface area is 179 Å². The van der Waals surface area contributed by atoms with Gasteiger partial charge in [-0.1, -0.05) is 12.1 Å². The van der Waals surface area contributed by atoms with Gasteiger partial charge in [0.25, 0.3) is 5.95 Å². The summed E-state index contributed by atoms with van der Waals surface area (Å²) in [6.45, 7) is 1.96. The molecule has 0 saturated heterocycles. The molecule has 0 bridgehead atoms. The second-order valence-corrected chi connectivity index (χ2v) is 8.74. The number of hydrogen-bond acceptors (Lipinski definition) is 6. The second-order valence-electron chi connectivity index (χ2n) is 7.64. The van der Waals surface area contributed by atoms with Gasteiger partial charge in [-0.25, -0.2) is 9.97 Å². The van der Waals surface area contributed by atoms with Crippen LogP contribution in [0.5, 0.6) is 5.75 Å². The van der Waals surface area contributed by atoms with Gasteiger partial charge in [0.2, 0.25) is 5.91 Å². The van der Waals surface area contributed by atoms with Crippen molar-refractivity contribution >= 4 is 23.5 Å². The van der Waals surface area contributed by atoms with Crippen molar-refractivity contribution in [2.75, 3.05) is 11.1 Å². The predicted molar refractivity (Wildman–Crippen MR) is 116 cm³/mol. The highest BCUT2D eigenvalue weighted by Crippen LogP contribution is 2.44. The molecule has 0 spiro atoms. The summed E-state index contributed by atoms with van der Waals surface area (Å²) < 4.78 is 7.84. The molecular formula is C22H23N5O2S. The molecule has 8 heteroatoms. The van der Waals surface area contributed by atoms with Crippen LogP contribution < -0.4 is 10.1 Å². The summed E-state index contributed by atoms with van der Waals surface area (Å²) in [5.41, 5.74) is 2.93. The molecule has 0 unspecified atom stereocenters. The van der Waals surface area contributed by atoms with Crippen LogP contribution >= 0.6 is 11.8 Å². The van der Waals surface area contributed by atoms with E-state index in [0.29, 0.717) is 23.6 Å². The fraction of sp³-hybridized carbons (Fsp3) is 0.364. The Kier molecular flexibility index (Phi) is 5.16. The minimum atomic E-state index is -0.0563. The van der Waals surface area contributed by atoms with Crippen molar-refractivity contribution in [3.63, 3.8) is 0 Å². The number of rotatable bonds is 4. The van der Waals surface area contributed by atoms with Crippen molar-refractivity contribution < 1.29 is 9.53 Å². The minimum absolute atomic E-state index is 0.0384. The van der Waals surface area contributed by atoms with Crippen LogP contribution in [-0.2, 0) is 4.79 Å². The van der Waals surface area contributed by atoms with Gasteiger partial charge in [-0.3, -0.25) is 4.79 Å². The van der Waals surface area contributed by atoms with Crippen LogP contribution in [-0.4, -0.2) is 37.5 Å². The summed E-state index contributed by atoms with van der Waals surface area (Å²) >= 11 is 1.60. The Morgan fingerprint density at radius 3 is 2.77 bits per heavy atom. The van der Waals surface area contributed by atoms with E-state index >= 15 is 0 Å². The summed E-state index contributed by atoms with van der Waals surface area (Å²) in [5, 5.41) is 7.63. The monoisotopic (exact) mass is 421 g/mol. The Hall–Kier alpha value is -2.87. The Morgan fingerprint density at radius 1 is 1.17 bits per heavy atom. The fourth-order valence-corrected chi connectivity index (χ4v) is 5.32. The number of nitrogens with one attached hydrogen (secondary N) is 1. The number of benzene rings is 1. The third-order valence-corrected chi connectivity index (χ3v) is 6.79. The number of carbonyl (C=O) groups excluding carboxylic acids is 1. The first kappa shape index (κ1) is 19.1. The van der Waals surface area contributed by atoms with Gasteiger partial charge in [-0.15, -0.1) is 11.8 Å². The molecule has 30 heavy (non-hydrogen) atoms. The average molecular weight is 422 g/mol. The molecule has 1 fully saturated rings. The van der Waals surface area contributed by atoms with E-state index in [1.165, 1.54) is 12.8 Å². The Morgan fingerprint density at radius 2 is 1.97 bits per heavy atom. The van der Waals surface area contributed by atoms with E-state index in [2.05, 4.69) is 32.5 Å². The normalized spacial score (nSPS) is 19.2. The van der Waals surface area contributed by atoms with Crippen molar-refractivity contribution in [2.45, 2.75) is 44.0 Å². The Balaban J connectivity index is 1.55. The number of aryl methyl sites for hydroxylation is 1. The number of fused-ring (bicyclic) bond motifs is 1. The quantitative estimate of drug-likeness (QED) is 0.684. The second kappa shape index (κ2) is 8.10. The highest BCUT2D eigenvalue weighted by molar-refractivity contribution is 8.00. The van der Waals surface area contributed by atoms with Crippen LogP contribution in [0.3, 0.4) is 0 Å². The zero-order chi connectivity index (χ0) is 20.5. The minimum Gasteiger partial charge on any atom is -0.490 e. The maximum absolute atomic E-state index is 12.5. The van der Waals surface area contributed by atoms with Crippen molar-refractivity contribution in [3.05, 3.63) is 59.5 Å². The standard InChI is InChI=1S/C22H23N5O2S/c1-14-19-20(15-6-4-9-17(12-15)29-16-7-2-3-8-16)30-13-18(28)25-21(19)27(26-14)22-23-10-5-11-24-22/h4-6,9-12,16,20H,2-3,7-8,13H2,1H3,(H,25,28)/t20-/m0/s1. The van der Waals surface area contributed by atoms with Gasteiger partial charge in [0.1, 0.15) is 11.6 Å². The summed E-state index contributed by atoms with van der Waals surface area (Å²) in [6, 6.07) is 9.99. The highest BCUT2D eigenvalue weighted by atomic mass is 32.2. The average Bonchev–Trinajstić information content (AvgIpc) is 3.33. The third-order valence-electron chi connectivity index (χ3n) is 5.52. The van der Waals surface area contributed by atoms with Crippen molar-refractivity contribution in [2.24, 2.45) is 0 Å². The van der Waals surface area contributed by atoms with E-state index in [1.54, 1.807) is 34.9 Å². The number of aromatic nitrogens is 4. The molecule has 1 atom stereocenters. The van der Waals surface area contributed by atoms with E-state index in [9.17, 15) is 4.79 Å². The Bertz CT molecular complexity index is 1060. The molecule has 5 rings (SSSR count). The topological polar surface area (TPSA) is 81.9 Å². The number of carbonyl (C=O) groups is 1. The number of nitrogens with zero attached hydrogens (tertiary/aromatic N) is 4. The maximum atomic E-state index is 12.5. The predicted octanol–water partition coefficient (Wildman–Crippen LogP) is 4.07. The molecule has 1 aliphatic carbocycles. The summed E-state index contributed by atoms with van der Waals surface area (Å²) in [4.78, 5) is 21.1. The fourth-order valence-electron chi connectivity index (χ4n) is 4.14. The van der Waals surface area contributed by atoms with Crippen LogP contribution in [0.15, 0.2) is 42.7 Å². The lowest BCUT2D eigenvalue weighted by atomic mass is 10.0. The van der Waals surface area contributed by atoms with Crippen LogP contribution in [0.2, 0.25) is 0 Å². The van der Waals surface area contributed by atoms with E-state index in [1.807, 2.05) is 19.1 Å². The lowest BCUT2D eigenvalue weighted by Crippen LogP contribution is -2.16. The number of amides is 1. The molecule has 3 heterocycles. The largest absolute Gasteiger partial charge is 0.490 e. The van der Waals surface area contributed by atoms with Crippen LogP contribution in [0.1, 0.15) is 47.8 Å². The van der Waals surface area contributed by atoms with Gasteiger partial charge in [0.05, 0.1) is 22.8 Å². The van der Waals surface area contributed by atoms with Crippen LogP contribution in [0, 0.1) is 6.92 Å². The third kappa shape index (κ3) is 3.67. The first-order chi connectivity index (χ1) is 14.7. The molecule has 1 saturated carbocycles. The number of ether oxygens (including phenoxy) is 1. The molecular weight excluding hydrogens is 398 g/mol. The first-order valence-corrected chi connectivity index (χ1v) is 11.3.